The highest BCUT2D eigenvalue weighted by atomic mass is 16.7. The number of fused-ring (bicyclic) bond motifs is 8. The summed E-state index contributed by atoms with van der Waals surface area (Å²) in [4.78, 5) is 182. The number of benzene rings is 4. The zero-order valence-electron chi connectivity index (χ0n) is 80.3. The second kappa shape index (κ2) is 33.8. The first-order valence-electron chi connectivity index (χ1n) is 55.2. The molecule has 37 rings (SSSR count). The zero-order chi connectivity index (χ0) is 93.0. The van der Waals surface area contributed by atoms with Crippen LogP contribution in [0.5, 0.6) is 0 Å². The minimum atomic E-state index is -0.878. The van der Waals surface area contributed by atoms with E-state index in [1.807, 2.05) is 0 Å². The summed E-state index contributed by atoms with van der Waals surface area (Å²) < 4.78 is 0. The fraction of sp³-hybridized carbons (Fsp3) is 0.655. The molecule has 0 atom stereocenters. The van der Waals surface area contributed by atoms with Gasteiger partial charge in [-0.3, -0.25) is 0 Å². The smallest absolute Gasteiger partial charge is 0.313 e. The van der Waals surface area contributed by atoms with Gasteiger partial charge >= 0.3 is 47.8 Å². The molecule has 4 aromatic rings. The van der Waals surface area contributed by atoms with E-state index in [0.29, 0.717) is 94.7 Å². The normalized spacial score (nSPS) is 38.9. The predicted octanol–water partition coefficient (Wildman–Crippen LogP) is 22.1. The third-order valence-corrected chi connectivity index (χ3v) is 42.3. The van der Waals surface area contributed by atoms with Gasteiger partial charge in [0.05, 0.1) is 90.2 Å². The van der Waals surface area contributed by atoms with Crippen molar-refractivity contribution >= 4 is 93.4 Å². The molecule has 32 fully saturated rings. The van der Waals surface area contributed by atoms with Crippen molar-refractivity contribution in [3.05, 3.63) is 138 Å². The molecule has 4 aromatic carbocycles. The van der Waals surface area contributed by atoms with Crippen molar-refractivity contribution in [2.45, 2.75) is 283 Å². The van der Waals surface area contributed by atoms with Crippen molar-refractivity contribution in [2.75, 3.05) is 0 Å². The van der Waals surface area contributed by atoms with Gasteiger partial charge in [-0.1, -0.05) is 65.5 Å². The van der Waals surface area contributed by atoms with Crippen molar-refractivity contribution in [1.29, 1.82) is 0 Å². The molecule has 728 valence electrons. The number of rotatable bonds is 16. The fourth-order valence-electron chi connectivity index (χ4n) is 38.0. The van der Waals surface area contributed by atoms with Crippen molar-refractivity contribution < 1.29 is 77.1 Å². The summed E-state index contributed by atoms with van der Waals surface area (Å²) in [6.45, 7) is 0. The van der Waals surface area contributed by atoms with Gasteiger partial charge in [-0.25, -0.2) is 38.4 Å². The molecule has 0 spiro atoms. The molecule has 40 bridgehead atoms. The summed E-state index contributed by atoms with van der Waals surface area (Å²) in [7, 11) is 0. The van der Waals surface area contributed by atoms with Gasteiger partial charge in [0.25, 0.3) is 0 Å². The van der Waals surface area contributed by atoms with Crippen molar-refractivity contribution in [2.24, 2.45) is 231 Å². The van der Waals surface area contributed by atoms with E-state index in [9.17, 15) is 0 Å². The number of oxime groups is 8. The lowest BCUT2D eigenvalue weighted by Gasteiger charge is -2.49. The molecule has 0 N–H and O–H groups in total. The maximum atomic E-state index is 16.4. The zero-order valence-corrected chi connectivity index (χ0v) is 80.3. The molecule has 0 unspecified atom stereocenters. The number of carbonyl (C=O) groups is 8. The second-order valence-electron chi connectivity index (χ2n) is 51.0. The van der Waals surface area contributed by atoms with E-state index in [1.54, 1.807) is 24.3 Å². The highest BCUT2D eigenvalue weighted by Gasteiger charge is 2.56. The quantitative estimate of drug-likeness (QED) is 0.0654. The van der Waals surface area contributed by atoms with Gasteiger partial charge in [0, 0.05) is 94.7 Å². The molecule has 0 saturated heterocycles. The van der Waals surface area contributed by atoms with E-state index in [2.05, 4.69) is 0 Å². The highest BCUT2D eigenvalue weighted by Crippen LogP contribution is 2.61. The topological polar surface area (TPSA) is 309 Å². The Balaban J connectivity index is 0.646. The van der Waals surface area contributed by atoms with E-state index >= 15 is 38.4 Å². The van der Waals surface area contributed by atoms with Gasteiger partial charge < -0.3 is 38.7 Å². The maximum Gasteiger partial charge on any atom is 0.366 e. The first-order chi connectivity index (χ1) is 68.3. The minimum absolute atomic E-state index is 0.0843. The molecule has 0 heterocycles. The highest BCUT2D eigenvalue weighted by molar-refractivity contribution is 6.06. The Morgan fingerprint density at radius 2 is 0.236 bits per heavy atom. The van der Waals surface area contributed by atoms with Gasteiger partial charge in [-0.05, 0) is 446 Å². The Morgan fingerprint density at radius 3 is 0.329 bits per heavy atom. The summed E-state index contributed by atoms with van der Waals surface area (Å²) >= 11 is 0. The Morgan fingerprint density at radius 1 is 0.143 bits per heavy atom. The number of nitrogens with zero attached hydrogens (tertiary/aromatic N) is 8. The maximum absolute atomic E-state index is 16.4. The largest absolute Gasteiger partial charge is 0.366 e. The lowest BCUT2D eigenvalue weighted by Crippen LogP contribution is -2.45. The van der Waals surface area contributed by atoms with Crippen LogP contribution in [0, 0.1) is 189 Å². The lowest BCUT2D eigenvalue weighted by molar-refractivity contribution is 0.0462. The molecular weight excluding hydrogens is 1760 g/mol. The van der Waals surface area contributed by atoms with Crippen LogP contribution in [0.3, 0.4) is 0 Å². The molecule has 140 heavy (non-hydrogen) atoms. The first kappa shape index (κ1) is 86.7. The van der Waals surface area contributed by atoms with Gasteiger partial charge in [0.1, 0.15) is 0 Å². The standard InChI is InChI=1S/C116H128N8O16/c125-109(133-117-101-77-9-53-1-54(11-77)12-78(101)10-53)93-49-94(110(126)134-118-102-79-13-55-2-56(15-79)16-80(102)14-55)70-41-69(93)45-71-42-72(96(112(128)136-120-104-83-21-59-4-60(23-83)24-84(104)22-59)50-95(71)111(127)135-119-103-81-17-57-3-58(19-81)20-82(103)18-57)47-75-44-76(100(116(132)140-124-108-91-37-67-8-68(39-91)40-92(108)38-67)52-99(75)115(131)139-123-107-89-33-65-7-66(35-89)36-90(107)34-65)48-74-43-73(46-70)97(113(129)137-121-105-85-25-61-5-62(27-85)28-86(105)26-61)51-98(74)114(130)138-122-106-87-29-63-6-64(31-87)32-88(106)30-63/h41-44,49-68,77-92H,1-40,45-48H2. The number of hydrogen-bond donors (Lipinski definition) is 0. The van der Waals surface area contributed by atoms with E-state index in [4.69, 9.17) is 79.9 Å². The predicted molar refractivity (Wildman–Crippen MR) is 516 cm³/mol. The third kappa shape index (κ3) is 15.4. The van der Waals surface area contributed by atoms with E-state index in [0.717, 1.165) is 251 Å². The molecule has 0 aromatic heterocycles. The van der Waals surface area contributed by atoms with Crippen LogP contribution in [-0.2, 0) is 64.4 Å². The molecule has 24 heteroatoms. The van der Waals surface area contributed by atoms with Crippen LogP contribution in [0.2, 0.25) is 0 Å². The van der Waals surface area contributed by atoms with Gasteiger partial charge in [-0.15, -0.1) is 0 Å². The average Bonchev–Trinajstić information content (AvgIpc) is 0.759. The molecule has 0 amide bonds. The summed E-state index contributed by atoms with van der Waals surface area (Å²) in [6.07, 6.45) is 38.9. The van der Waals surface area contributed by atoms with Crippen LogP contribution < -0.4 is 0 Å². The van der Waals surface area contributed by atoms with Crippen molar-refractivity contribution in [1.82, 2.24) is 0 Å². The summed E-state index contributed by atoms with van der Waals surface area (Å²) in [5.41, 5.74) is 8.23. The van der Waals surface area contributed by atoms with Crippen LogP contribution in [0.1, 0.15) is 384 Å². The molecular formula is C116H128N8O16. The molecule has 33 aliphatic carbocycles. The first-order valence-corrected chi connectivity index (χ1v) is 55.2. The number of hydrogen-bond acceptors (Lipinski definition) is 24. The van der Waals surface area contributed by atoms with E-state index in [1.165, 1.54) is 75.6 Å². The Kier molecular flexibility index (Phi) is 20.9. The number of carbonyl (C=O) groups excluding carboxylic acids is 8. The Hall–Kier alpha value is -10.0. The lowest BCUT2D eigenvalue weighted by atomic mass is 9.55. The second-order valence-corrected chi connectivity index (χ2v) is 51.0. The van der Waals surface area contributed by atoms with Crippen molar-refractivity contribution in [3.8, 4) is 0 Å². The SMILES string of the molecule is O=C(ON=C1C2CC3CC(C2)CC1C3)c1cc(C(=O)ON=C2C3CC4CC(C3)CC2C4)c2cc1Cc1cc(c(C(=O)ON=C3C4CC5CC(C4)CC3C5)cc1C(=O)ON=C1C3CC4CC(C3)CC1C4)Cc1cc(c(C(=O)ON=C3C4CC5CC(C4)CC3C5)cc1C(=O)ON=C1C3CC4CC(C3)CC1C4)Cc1cc(c(C(=O)ON=C3C4CC5CC(C4)CC3C5)cc1C(=O)ON=C1C3CC4CC(C3)CC1C4)C2. The van der Waals surface area contributed by atoms with Gasteiger partial charge in [0.15, 0.2) is 0 Å². The van der Waals surface area contributed by atoms with Gasteiger partial charge in [-0.2, -0.15) is 0 Å². The van der Waals surface area contributed by atoms with Crippen LogP contribution in [0.4, 0.5) is 0 Å². The molecule has 0 aliphatic heterocycles. The van der Waals surface area contributed by atoms with Crippen LogP contribution in [-0.4, -0.2) is 93.4 Å². The third-order valence-electron chi connectivity index (χ3n) is 42.3. The summed E-state index contributed by atoms with van der Waals surface area (Å²) in [6, 6.07) is 12.9. The Bertz CT molecular complexity index is 4940. The Labute approximate surface area is 816 Å². The van der Waals surface area contributed by atoms with E-state index < -0.39 is 47.8 Å². The van der Waals surface area contributed by atoms with Crippen LogP contribution in [0.25, 0.3) is 0 Å². The van der Waals surface area contributed by atoms with Crippen molar-refractivity contribution in [3.63, 3.8) is 0 Å². The minimum Gasteiger partial charge on any atom is -0.313 e. The summed E-state index contributed by atoms with van der Waals surface area (Å²) in [5.74, 6) is 4.34. The molecule has 24 nitrogen and oxygen atoms in total. The average molecular weight is 1890 g/mol. The molecule has 32 saturated carbocycles. The van der Waals surface area contributed by atoms with Gasteiger partial charge in [0.2, 0.25) is 0 Å². The van der Waals surface area contributed by atoms with E-state index in [-0.39, 0.29) is 209 Å². The fourth-order valence-corrected chi connectivity index (χ4v) is 38.0. The van der Waals surface area contributed by atoms with Crippen LogP contribution in [0.15, 0.2) is 89.8 Å². The summed E-state index contributed by atoms with van der Waals surface area (Å²) in [5, 5.41) is 39.2. The molecule has 33 aliphatic rings. The van der Waals surface area contributed by atoms with Crippen LogP contribution >= 0.6 is 0 Å². The molecule has 0 radical (unpaired) electrons. The monoisotopic (exact) mass is 1890 g/mol.